The molecule has 0 saturated carbocycles. The van der Waals surface area contributed by atoms with Crippen LogP contribution in [0.5, 0.6) is 0 Å². The molecule has 10 rings (SSSR count). The Balaban J connectivity index is 1.31. The number of unbranched alkanes of at least 4 members (excludes halogenated alkanes) is 3. The van der Waals surface area contributed by atoms with Gasteiger partial charge in [-0.05, 0) is 110 Å². The molecule has 3 heteroatoms. The third-order valence-electron chi connectivity index (χ3n) is 12.7. The zero-order chi connectivity index (χ0) is 41.5. The topological polar surface area (TPSA) is 3.24 Å². The largest absolute Gasteiger partial charge is 0.310 e. The van der Waals surface area contributed by atoms with E-state index in [2.05, 4.69) is 215 Å². The molecule has 8 aromatic carbocycles. The van der Waals surface area contributed by atoms with Gasteiger partial charge in [-0.3, -0.25) is 0 Å². The Hall–Kier alpha value is -6.03. The second kappa shape index (κ2) is 16.4. The maximum atomic E-state index is 2.68. The predicted octanol–water partition coefficient (Wildman–Crippen LogP) is 14.5. The Kier molecular flexibility index (Phi) is 10.5. The van der Waals surface area contributed by atoms with E-state index in [1.807, 2.05) is 11.8 Å². The smallest absolute Gasteiger partial charge is 0.249 e. The highest BCUT2D eigenvalue weighted by molar-refractivity contribution is 8.00. The number of benzene rings is 8. The van der Waals surface area contributed by atoms with Crippen LogP contribution in [0.1, 0.15) is 64.5 Å². The predicted molar refractivity (Wildman–Crippen MR) is 265 cm³/mol. The first-order valence-electron chi connectivity index (χ1n) is 22.2. The van der Waals surface area contributed by atoms with Crippen LogP contribution in [0.3, 0.4) is 0 Å². The average Bonchev–Trinajstić information content (AvgIpc) is 3.30. The molecule has 0 atom stereocenters. The first-order valence-corrected chi connectivity index (χ1v) is 23.0. The summed E-state index contributed by atoms with van der Waals surface area (Å²) in [7, 11) is 0. The summed E-state index contributed by atoms with van der Waals surface area (Å²) in [4.78, 5) is 5.40. The van der Waals surface area contributed by atoms with Crippen LogP contribution >= 0.6 is 11.8 Å². The lowest BCUT2D eigenvalue weighted by atomic mass is 9.34. The maximum Gasteiger partial charge on any atom is 0.249 e. The van der Waals surface area contributed by atoms with Crippen LogP contribution in [-0.2, 0) is 11.8 Å². The van der Waals surface area contributed by atoms with Crippen LogP contribution in [0.15, 0.2) is 192 Å². The van der Waals surface area contributed by atoms with E-state index >= 15 is 0 Å². The molecule has 2 aliphatic rings. The molecule has 61 heavy (non-hydrogen) atoms. The van der Waals surface area contributed by atoms with Gasteiger partial charge in [0.2, 0.25) is 6.71 Å². The van der Waals surface area contributed by atoms with Gasteiger partial charge in [0.1, 0.15) is 0 Å². The van der Waals surface area contributed by atoms with Gasteiger partial charge >= 0.3 is 0 Å². The lowest BCUT2D eigenvalue weighted by Crippen LogP contribution is -2.60. The molecule has 0 unspecified atom stereocenters. The molecule has 1 nitrogen and oxygen atoms in total. The third kappa shape index (κ3) is 7.44. The summed E-state index contributed by atoms with van der Waals surface area (Å²) in [6, 6.07) is 68.6. The molecule has 0 N–H and O–H groups in total. The fourth-order valence-corrected chi connectivity index (χ4v) is 10.8. The van der Waals surface area contributed by atoms with Gasteiger partial charge in [0, 0.05) is 32.3 Å². The minimum absolute atomic E-state index is 0.0585. The van der Waals surface area contributed by atoms with E-state index < -0.39 is 0 Å². The number of aryl methyl sites for hydroxylation is 1. The van der Waals surface area contributed by atoms with Crippen LogP contribution in [0.25, 0.3) is 44.5 Å². The highest BCUT2D eigenvalue weighted by Gasteiger charge is 2.42. The van der Waals surface area contributed by atoms with E-state index in [0.717, 1.165) is 6.42 Å². The Labute approximate surface area is 367 Å². The number of anilines is 3. The number of nitrogens with zero attached hydrogens (tertiary/aromatic N) is 1. The maximum absolute atomic E-state index is 2.68. The molecule has 0 radical (unpaired) electrons. The Morgan fingerprint density at radius 3 is 1.57 bits per heavy atom. The fraction of sp³-hybridized carbons (Fsp3) is 0.172. The van der Waals surface area contributed by atoms with Crippen molar-refractivity contribution in [1.29, 1.82) is 0 Å². The molecule has 0 saturated heterocycles. The summed E-state index contributed by atoms with van der Waals surface area (Å²) in [5, 5.41) is 0. The van der Waals surface area contributed by atoms with Crippen LogP contribution in [-0.4, -0.2) is 6.71 Å². The number of hydrogen-bond donors (Lipinski definition) is 0. The standard InChI is InChI=1S/C58H52BNS/c1-5-6-7-12-21-40-34-53-56-55(35-40)61-54-33-31-46(42-24-15-9-16-25-42)37-51(54)59(56)50-36-45(41-22-13-8-14-23-41)30-32-52(50)60(53)57-48(43-26-17-10-18-27-43)38-47(58(2,3)4)39-49(57)44-28-19-11-20-29-44/h8-11,13-20,22-39H,5-7,12,21H2,1-4H3. The molecule has 2 aliphatic heterocycles. The molecule has 0 fully saturated rings. The van der Waals surface area contributed by atoms with Crippen LogP contribution in [0.2, 0.25) is 0 Å². The van der Waals surface area contributed by atoms with E-state index in [0.29, 0.717) is 0 Å². The van der Waals surface area contributed by atoms with Crippen molar-refractivity contribution >= 4 is 51.9 Å². The van der Waals surface area contributed by atoms with Gasteiger partial charge in [0.25, 0.3) is 0 Å². The minimum atomic E-state index is -0.0601. The second-order valence-electron chi connectivity index (χ2n) is 17.9. The molecule has 0 aliphatic carbocycles. The van der Waals surface area contributed by atoms with Crippen molar-refractivity contribution in [3.05, 3.63) is 193 Å². The lowest BCUT2D eigenvalue weighted by Gasteiger charge is -2.42. The monoisotopic (exact) mass is 805 g/mol. The molecule has 0 aromatic heterocycles. The zero-order valence-corrected chi connectivity index (χ0v) is 36.6. The second-order valence-corrected chi connectivity index (χ2v) is 19.0. The van der Waals surface area contributed by atoms with Crippen LogP contribution in [0, 0.1) is 0 Å². The van der Waals surface area contributed by atoms with Gasteiger partial charge in [-0.25, -0.2) is 0 Å². The fourth-order valence-electron chi connectivity index (χ4n) is 9.56. The third-order valence-corrected chi connectivity index (χ3v) is 13.9. The summed E-state index contributed by atoms with van der Waals surface area (Å²) >= 11 is 1.96. The molecular weight excluding hydrogens is 754 g/mol. The molecule has 0 spiro atoms. The quantitative estimate of drug-likeness (QED) is 0.100. The zero-order valence-electron chi connectivity index (χ0n) is 35.8. The molecule has 2 heterocycles. The summed E-state index contributed by atoms with van der Waals surface area (Å²) in [6.07, 6.45) is 6.02. The van der Waals surface area contributed by atoms with Gasteiger partial charge in [-0.1, -0.05) is 210 Å². The number of fused-ring (bicyclic) bond motifs is 4. The van der Waals surface area contributed by atoms with Gasteiger partial charge in [0.05, 0.1) is 5.69 Å². The molecule has 298 valence electrons. The molecular formula is C58H52BNS. The van der Waals surface area contributed by atoms with Crippen molar-refractivity contribution in [2.45, 2.75) is 75.0 Å². The van der Waals surface area contributed by atoms with Gasteiger partial charge in [0.15, 0.2) is 0 Å². The highest BCUT2D eigenvalue weighted by atomic mass is 32.2. The van der Waals surface area contributed by atoms with Crippen molar-refractivity contribution in [2.24, 2.45) is 0 Å². The van der Waals surface area contributed by atoms with Crippen molar-refractivity contribution in [3.63, 3.8) is 0 Å². The van der Waals surface area contributed by atoms with Crippen molar-refractivity contribution in [1.82, 2.24) is 0 Å². The van der Waals surface area contributed by atoms with Crippen molar-refractivity contribution in [2.75, 3.05) is 4.90 Å². The summed E-state index contributed by atoms with van der Waals surface area (Å²) < 4.78 is 0. The molecule has 0 bridgehead atoms. The summed E-state index contributed by atoms with van der Waals surface area (Å²) in [5.74, 6) is 0. The van der Waals surface area contributed by atoms with Gasteiger partial charge in [-0.15, -0.1) is 0 Å². The average molecular weight is 806 g/mol. The minimum Gasteiger partial charge on any atom is -0.310 e. The van der Waals surface area contributed by atoms with E-state index in [4.69, 9.17) is 0 Å². The molecule has 8 aromatic rings. The van der Waals surface area contributed by atoms with Crippen molar-refractivity contribution in [3.8, 4) is 44.5 Å². The van der Waals surface area contributed by atoms with E-state index in [1.54, 1.807) is 0 Å². The number of rotatable bonds is 10. The Bertz CT molecular complexity index is 2780. The molecule has 0 amide bonds. The van der Waals surface area contributed by atoms with Crippen molar-refractivity contribution < 1.29 is 0 Å². The Morgan fingerprint density at radius 2 is 1.02 bits per heavy atom. The first-order chi connectivity index (χ1) is 29.9. The van der Waals surface area contributed by atoms with E-state index in [-0.39, 0.29) is 12.1 Å². The first kappa shape index (κ1) is 39.1. The van der Waals surface area contributed by atoms with E-state index in [1.165, 1.54) is 125 Å². The van der Waals surface area contributed by atoms with Gasteiger partial charge < -0.3 is 4.90 Å². The highest BCUT2D eigenvalue weighted by Crippen LogP contribution is 2.51. The summed E-state index contributed by atoms with van der Waals surface area (Å²) in [5.41, 5.74) is 20.5. The normalized spacial score (nSPS) is 12.8. The van der Waals surface area contributed by atoms with Gasteiger partial charge in [-0.2, -0.15) is 0 Å². The van der Waals surface area contributed by atoms with E-state index in [9.17, 15) is 0 Å². The van der Waals surface area contributed by atoms with Crippen LogP contribution < -0.4 is 21.3 Å². The number of hydrogen-bond acceptors (Lipinski definition) is 2. The SMILES string of the molecule is CCCCCCc1cc2c3c(c1)N(c1c(-c4ccccc4)cc(C(C)(C)C)cc1-c1ccccc1)c1ccc(-c4ccccc4)cc1B3c1cc(-c3ccccc3)ccc1S2. The lowest BCUT2D eigenvalue weighted by molar-refractivity contribution is 0.591. The summed E-state index contributed by atoms with van der Waals surface area (Å²) in [6.45, 7) is 9.39. The van der Waals surface area contributed by atoms with Crippen LogP contribution in [0.4, 0.5) is 17.1 Å². The Morgan fingerprint density at radius 1 is 0.475 bits per heavy atom.